The van der Waals surface area contributed by atoms with E-state index in [1.54, 1.807) is 0 Å². The summed E-state index contributed by atoms with van der Waals surface area (Å²) in [7, 11) is 0. The Morgan fingerprint density at radius 3 is 2.67 bits per heavy atom. The molecule has 114 valence electrons. The van der Waals surface area contributed by atoms with E-state index in [-0.39, 0.29) is 17.5 Å². The number of hydrogen-bond donors (Lipinski definition) is 1. The second-order valence-electron chi connectivity index (χ2n) is 4.74. The molecule has 1 aromatic carbocycles. The fraction of sp³-hybridized carbons (Fsp3) is 0.385. The van der Waals surface area contributed by atoms with Gasteiger partial charge in [0.1, 0.15) is 0 Å². The molecular weight excluding hydrogens is 351 g/mol. The zero-order valence-corrected chi connectivity index (χ0v) is 12.9. The molecule has 0 aliphatic heterocycles. The van der Waals surface area contributed by atoms with Crippen LogP contribution in [0.2, 0.25) is 0 Å². The van der Waals surface area contributed by atoms with Gasteiger partial charge in [0, 0.05) is 10.5 Å². The van der Waals surface area contributed by atoms with Gasteiger partial charge in [-0.25, -0.2) is 0 Å². The molecule has 2 rings (SSSR count). The van der Waals surface area contributed by atoms with E-state index < -0.39 is 11.7 Å². The van der Waals surface area contributed by atoms with E-state index in [4.69, 9.17) is 4.52 Å². The van der Waals surface area contributed by atoms with Crippen LogP contribution in [0, 0.1) is 0 Å². The number of aromatic nitrogens is 2. The van der Waals surface area contributed by atoms with Crippen LogP contribution in [-0.2, 0) is 12.7 Å². The van der Waals surface area contributed by atoms with Gasteiger partial charge in [-0.1, -0.05) is 34.9 Å². The Labute approximate surface area is 127 Å². The molecule has 1 heterocycles. The molecule has 0 spiro atoms. The molecule has 0 amide bonds. The van der Waals surface area contributed by atoms with E-state index in [2.05, 4.69) is 31.4 Å². The van der Waals surface area contributed by atoms with Crippen molar-refractivity contribution in [3.05, 3.63) is 34.1 Å². The summed E-state index contributed by atoms with van der Waals surface area (Å²) in [4.78, 5) is 4.00. The summed E-state index contributed by atoms with van der Waals surface area (Å²) in [6.45, 7) is 4.22. The lowest BCUT2D eigenvalue weighted by Crippen LogP contribution is -2.22. The largest absolute Gasteiger partial charge is 0.417 e. The Kier molecular flexibility index (Phi) is 4.67. The number of benzene rings is 1. The van der Waals surface area contributed by atoms with E-state index in [1.807, 2.05) is 13.8 Å². The maximum atomic E-state index is 13.1. The van der Waals surface area contributed by atoms with E-state index >= 15 is 0 Å². The van der Waals surface area contributed by atoms with Crippen molar-refractivity contribution in [2.75, 3.05) is 0 Å². The lowest BCUT2D eigenvalue weighted by atomic mass is 10.1. The van der Waals surface area contributed by atoms with Gasteiger partial charge in [0.05, 0.1) is 17.7 Å². The predicted molar refractivity (Wildman–Crippen MR) is 74.4 cm³/mol. The molecule has 0 saturated carbocycles. The molecule has 0 bridgehead atoms. The van der Waals surface area contributed by atoms with Gasteiger partial charge in [-0.3, -0.25) is 0 Å². The highest BCUT2D eigenvalue weighted by molar-refractivity contribution is 9.10. The van der Waals surface area contributed by atoms with Gasteiger partial charge in [-0.15, -0.1) is 0 Å². The van der Waals surface area contributed by atoms with Crippen molar-refractivity contribution >= 4 is 15.9 Å². The molecule has 8 heteroatoms. The Morgan fingerprint density at radius 2 is 2.05 bits per heavy atom. The first-order chi connectivity index (χ1) is 9.77. The van der Waals surface area contributed by atoms with Crippen LogP contribution in [0.4, 0.5) is 13.2 Å². The second kappa shape index (κ2) is 6.15. The van der Waals surface area contributed by atoms with E-state index in [1.165, 1.54) is 12.1 Å². The maximum absolute atomic E-state index is 13.1. The SMILES string of the molecule is CC(C)NCc1noc(-c2ccc(Br)cc2C(F)(F)F)n1. The number of halogens is 4. The van der Waals surface area contributed by atoms with Crippen molar-refractivity contribution in [3.8, 4) is 11.5 Å². The molecule has 21 heavy (non-hydrogen) atoms. The molecule has 4 nitrogen and oxygen atoms in total. The van der Waals surface area contributed by atoms with Gasteiger partial charge in [0.25, 0.3) is 5.89 Å². The molecule has 0 aliphatic carbocycles. The maximum Gasteiger partial charge on any atom is 0.417 e. The van der Waals surface area contributed by atoms with Gasteiger partial charge in [0.15, 0.2) is 5.82 Å². The highest BCUT2D eigenvalue weighted by Crippen LogP contribution is 2.38. The zero-order valence-electron chi connectivity index (χ0n) is 11.3. The third-order valence-electron chi connectivity index (χ3n) is 2.65. The average Bonchev–Trinajstić information content (AvgIpc) is 2.84. The fourth-order valence-corrected chi connectivity index (χ4v) is 2.03. The number of rotatable bonds is 4. The topological polar surface area (TPSA) is 51.0 Å². The lowest BCUT2D eigenvalue weighted by Gasteiger charge is -2.10. The van der Waals surface area contributed by atoms with Crippen molar-refractivity contribution in [2.45, 2.75) is 32.6 Å². The van der Waals surface area contributed by atoms with Crippen LogP contribution >= 0.6 is 15.9 Å². The first-order valence-electron chi connectivity index (χ1n) is 6.20. The monoisotopic (exact) mass is 363 g/mol. The number of alkyl halides is 3. The van der Waals surface area contributed by atoms with Gasteiger partial charge in [0.2, 0.25) is 0 Å². The van der Waals surface area contributed by atoms with Crippen molar-refractivity contribution < 1.29 is 17.7 Å². The van der Waals surface area contributed by atoms with Gasteiger partial charge >= 0.3 is 6.18 Å². The van der Waals surface area contributed by atoms with Gasteiger partial charge in [-0.2, -0.15) is 18.2 Å². The highest BCUT2D eigenvalue weighted by atomic mass is 79.9. The smallest absolute Gasteiger partial charge is 0.334 e. The minimum Gasteiger partial charge on any atom is -0.334 e. The van der Waals surface area contributed by atoms with Crippen LogP contribution < -0.4 is 5.32 Å². The molecule has 0 saturated heterocycles. The molecule has 0 unspecified atom stereocenters. The predicted octanol–water partition coefficient (Wildman–Crippen LogP) is 4.02. The summed E-state index contributed by atoms with van der Waals surface area (Å²) < 4.78 is 44.4. The Hall–Kier alpha value is -1.41. The number of nitrogens with zero attached hydrogens (tertiary/aromatic N) is 2. The van der Waals surface area contributed by atoms with E-state index in [9.17, 15) is 13.2 Å². The average molecular weight is 364 g/mol. The van der Waals surface area contributed by atoms with Crippen molar-refractivity contribution in [2.24, 2.45) is 0 Å². The van der Waals surface area contributed by atoms with Crippen LogP contribution in [0.15, 0.2) is 27.2 Å². The molecule has 2 aromatic rings. The van der Waals surface area contributed by atoms with Crippen molar-refractivity contribution in [3.63, 3.8) is 0 Å². The van der Waals surface area contributed by atoms with Gasteiger partial charge in [-0.05, 0) is 18.2 Å². The van der Waals surface area contributed by atoms with Crippen LogP contribution in [0.5, 0.6) is 0 Å². The molecule has 1 aromatic heterocycles. The van der Waals surface area contributed by atoms with Crippen molar-refractivity contribution in [1.82, 2.24) is 15.5 Å². The summed E-state index contributed by atoms with van der Waals surface area (Å²) in [6, 6.07) is 4.01. The zero-order chi connectivity index (χ0) is 15.6. The molecular formula is C13H13BrF3N3O. The fourth-order valence-electron chi connectivity index (χ4n) is 1.67. The molecule has 1 N–H and O–H groups in total. The molecule has 0 radical (unpaired) electrons. The lowest BCUT2D eigenvalue weighted by molar-refractivity contribution is -0.137. The minimum absolute atomic E-state index is 0.131. The summed E-state index contributed by atoms with van der Waals surface area (Å²) in [5, 5.41) is 6.75. The Morgan fingerprint density at radius 1 is 1.33 bits per heavy atom. The molecule has 0 fully saturated rings. The quantitative estimate of drug-likeness (QED) is 0.891. The van der Waals surface area contributed by atoms with Crippen LogP contribution in [0.25, 0.3) is 11.5 Å². The molecule has 0 atom stereocenters. The van der Waals surface area contributed by atoms with Crippen LogP contribution in [-0.4, -0.2) is 16.2 Å². The first-order valence-corrected chi connectivity index (χ1v) is 6.99. The Bertz CT molecular complexity index is 625. The first kappa shape index (κ1) is 16.0. The third kappa shape index (κ3) is 4.04. The van der Waals surface area contributed by atoms with Crippen LogP contribution in [0.1, 0.15) is 25.2 Å². The van der Waals surface area contributed by atoms with Crippen molar-refractivity contribution in [1.29, 1.82) is 0 Å². The van der Waals surface area contributed by atoms with E-state index in [0.29, 0.717) is 16.8 Å². The summed E-state index contributed by atoms with van der Waals surface area (Å²) in [5.41, 5.74) is -0.946. The number of hydrogen-bond acceptors (Lipinski definition) is 4. The standard InChI is InChI=1S/C13H13BrF3N3O/c1-7(2)18-6-11-19-12(21-20-11)9-4-3-8(14)5-10(9)13(15,16)17/h3-5,7,18H,6H2,1-2H3. The Balaban J connectivity index is 2.34. The third-order valence-corrected chi connectivity index (χ3v) is 3.15. The summed E-state index contributed by atoms with van der Waals surface area (Å²) >= 11 is 3.03. The highest BCUT2D eigenvalue weighted by Gasteiger charge is 2.35. The number of nitrogens with one attached hydrogen (secondary N) is 1. The minimum atomic E-state index is -4.50. The van der Waals surface area contributed by atoms with Crippen LogP contribution in [0.3, 0.4) is 0 Å². The summed E-state index contributed by atoms with van der Waals surface area (Å²) in [6.07, 6.45) is -4.50. The summed E-state index contributed by atoms with van der Waals surface area (Å²) in [5.74, 6) is 0.171. The van der Waals surface area contributed by atoms with Gasteiger partial charge < -0.3 is 9.84 Å². The second-order valence-corrected chi connectivity index (χ2v) is 5.65. The molecule has 0 aliphatic rings. The normalized spacial score (nSPS) is 12.1. The van der Waals surface area contributed by atoms with E-state index in [0.717, 1.165) is 6.07 Å².